The van der Waals surface area contributed by atoms with Gasteiger partial charge in [-0.1, -0.05) is 38.1 Å². The predicted octanol–water partition coefficient (Wildman–Crippen LogP) is 5.30. The second kappa shape index (κ2) is 9.74. The van der Waals surface area contributed by atoms with Crippen LogP contribution in [0.4, 0.5) is 0 Å². The minimum atomic E-state index is -0.133. The Hall–Kier alpha value is -2.60. The van der Waals surface area contributed by atoms with Crippen molar-refractivity contribution in [1.29, 1.82) is 0 Å². The van der Waals surface area contributed by atoms with Crippen LogP contribution in [0.25, 0.3) is 0 Å². The minimum Gasteiger partial charge on any atom is -0.489 e. The fourth-order valence-corrected chi connectivity index (χ4v) is 3.36. The number of amides is 1. The summed E-state index contributed by atoms with van der Waals surface area (Å²) in [6.07, 6.45) is 1.91. The Morgan fingerprint density at radius 1 is 1.21 bits per heavy atom. The predicted molar refractivity (Wildman–Crippen MR) is 118 cm³/mol. The van der Waals surface area contributed by atoms with E-state index >= 15 is 0 Å². The maximum absolute atomic E-state index is 12.5. The van der Waals surface area contributed by atoms with Gasteiger partial charge >= 0.3 is 0 Å². The largest absolute Gasteiger partial charge is 0.489 e. The highest BCUT2D eigenvalue weighted by molar-refractivity contribution is 9.10. The van der Waals surface area contributed by atoms with Gasteiger partial charge in [0.25, 0.3) is 5.91 Å². The lowest BCUT2D eigenvalue weighted by Crippen LogP contribution is -2.23. The van der Waals surface area contributed by atoms with Crippen LogP contribution >= 0.6 is 15.9 Å². The van der Waals surface area contributed by atoms with Crippen LogP contribution in [0.2, 0.25) is 0 Å². The zero-order valence-electron chi connectivity index (χ0n) is 17.0. The number of benzene rings is 2. The van der Waals surface area contributed by atoms with Crippen molar-refractivity contribution in [1.82, 2.24) is 15.1 Å². The molecule has 3 aromatic rings. The first-order valence-corrected chi connectivity index (χ1v) is 10.6. The third kappa shape index (κ3) is 5.70. The standard InChI is InChI=1S/C23H26BrN3O2/c1-4-27-14-21(24)22(26-27)13-25-23(28)19-7-5-6-17(12-19)15-29-20-10-8-18(9-11-20)16(2)3/h5-12,14,16H,4,13,15H2,1-3H3,(H,25,28). The number of hydrogen-bond acceptors (Lipinski definition) is 3. The molecule has 0 aliphatic carbocycles. The van der Waals surface area contributed by atoms with Gasteiger partial charge in [-0.2, -0.15) is 5.10 Å². The summed E-state index contributed by atoms with van der Waals surface area (Å²) in [7, 11) is 0. The van der Waals surface area contributed by atoms with E-state index in [9.17, 15) is 4.79 Å². The van der Waals surface area contributed by atoms with Crippen LogP contribution in [-0.4, -0.2) is 15.7 Å². The molecular weight excluding hydrogens is 430 g/mol. The first-order valence-electron chi connectivity index (χ1n) is 9.78. The van der Waals surface area contributed by atoms with Crippen molar-refractivity contribution in [2.45, 2.75) is 46.4 Å². The van der Waals surface area contributed by atoms with E-state index in [1.165, 1.54) is 5.56 Å². The van der Waals surface area contributed by atoms with Gasteiger partial charge in [-0.25, -0.2) is 0 Å². The molecule has 0 saturated carbocycles. The Kier molecular flexibility index (Phi) is 7.09. The molecule has 1 heterocycles. The second-order valence-electron chi connectivity index (χ2n) is 7.17. The summed E-state index contributed by atoms with van der Waals surface area (Å²) < 4.78 is 8.60. The number of aryl methyl sites for hydroxylation is 1. The molecule has 0 aliphatic rings. The fraction of sp³-hybridized carbons (Fsp3) is 0.304. The van der Waals surface area contributed by atoms with Crippen molar-refractivity contribution in [2.75, 3.05) is 0 Å². The van der Waals surface area contributed by atoms with Crippen molar-refractivity contribution in [3.05, 3.63) is 81.6 Å². The molecule has 0 bridgehead atoms. The van der Waals surface area contributed by atoms with Crippen LogP contribution in [0.15, 0.2) is 59.2 Å². The molecule has 152 valence electrons. The number of nitrogens with one attached hydrogen (secondary N) is 1. The number of ether oxygens (including phenoxy) is 1. The Balaban J connectivity index is 1.58. The minimum absolute atomic E-state index is 0.133. The van der Waals surface area contributed by atoms with Crippen molar-refractivity contribution >= 4 is 21.8 Å². The fourth-order valence-electron chi connectivity index (χ4n) is 2.90. The SMILES string of the molecule is CCn1cc(Br)c(CNC(=O)c2cccc(COc3ccc(C(C)C)cc3)c2)n1. The molecule has 1 amide bonds. The average molecular weight is 456 g/mol. The lowest BCUT2D eigenvalue weighted by Gasteiger charge is -2.10. The summed E-state index contributed by atoms with van der Waals surface area (Å²) in [6, 6.07) is 15.6. The van der Waals surface area contributed by atoms with Gasteiger partial charge in [0.2, 0.25) is 0 Å². The lowest BCUT2D eigenvalue weighted by molar-refractivity contribution is 0.0950. The normalized spacial score (nSPS) is 10.9. The number of rotatable bonds is 8. The molecule has 0 spiro atoms. The van der Waals surface area contributed by atoms with Gasteiger partial charge in [0.05, 0.1) is 16.7 Å². The molecule has 2 aromatic carbocycles. The topological polar surface area (TPSA) is 56.2 Å². The maximum atomic E-state index is 12.5. The molecule has 0 atom stereocenters. The van der Waals surface area contributed by atoms with Gasteiger partial charge in [-0.05, 0) is 64.2 Å². The highest BCUT2D eigenvalue weighted by Gasteiger charge is 2.10. The quantitative estimate of drug-likeness (QED) is 0.501. The van der Waals surface area contributed by atoms with Gasteiger partial charge in [0.15, 0.2) is 0 Å². The summed E-state index contributed by atoms with van der Waals surface area (Å²) in [5, 5.41) is 7.35. The zero-order valence-corrected chi connectivity index (χ0v) is 18.6. The first-order chi connectivity index (χ1) is 14.0. The van der Waals surface area contributed by atoms with Gasteiger partial charge in [-0.3, -0.25) is 9.48 Å². The van der Waals surface area contributed by atoms with E-state index in [4.69, 9.17) is 4.74 Å². The molecule has 29 heavy (non-hydrogen) atoms. The first kappa shape index (κ1) is 21.1. The molecule has 6 heteroatoms. The Morgan fingerprint density at radius 3 is 2.62 bits per heavy atom. The highest BCUT2D eigenvalue weighted by Crippen LogP contribution is 2.20. The highest BCUT2D eigenvalue weighted by atomic mass is 79.9. The van der Waals surface area contributed by atoms with Crippen LogP contribution < -0.4 is 10.1 Å². The van der Waals surface area contributed by atoms with Gasteiger partial charge < -0.3 is 10.1 Å². The molecule has 0 unspecified atom stereocenters. The molecule has 0 fully saturated rings. The summed E-state index contributed by atoms with van der Waals surface area (Å²) in [5.41, 5.74) is 3.64. The van der Waals surface area contributed by atoms with Crippen molar-refractivity contribution in [3.8, 4) is 5.75 Å². The Labute approximate surface area is 180 Å². The number of carbonyl (C=O) groups is 1. The van der Waals surface area contributed by atoms with Crippen LogP contribution in [0.1, 0.15) is 53.9 Å². The van der Waals surface area contributed by atoms with E-state index in [0.29, 0.717) is 24.6 Å². The number of carbonyl (C=O) groups excluding carboxylic acids is 1. The summed E-state index contributed by atoms with van der Waals surface area (Å²) >= 11 is 3.48. The Bertz CT molecular complexity index is 965. The van der Waals surface area contributed by atoms with E-state index in [0.717, 1.165) is 28.0 Å². The molecule has 0 aliphatic heterocycles. The summed E-state index contributed by atoms with van der Waals surface area (Å²) in [6.45, 7) is 7.92. The van der Waals surface area contributed by atoms with Crippen LogP contribution in [-0.2, 0) is 19.7 Å². The van der Waals surface area contributed by atoms with Crippen LogP contribution in [0.3, 0.4) is 0 Å². The second-order valence-corrected chi connectivity index (χ2v) is 8.03. The van der Waals surface area contributed by atoms with Crippen molar-refractivity contribution in [2.24, 2.45) is 0 Å². The van der Waals surface area contributed by atoms with Crippen molar-refractivity contribution < 1.29 is 9.53 Å². The molecule has 3 rings (SSSR count). The van der Waals surface area contributed by atoms with E-state index in [1.807, 2.05) is 48.1 Å². The number of hydrogen-bond donors (Lipinski definition) is 1. The van der Waals surface area contributed by atoms with E-state index < -0.39 is 0 Å². The molecule has 1 N–H and O–H groups in total. The van der Waals surface area contributed by atoms with E-state index in [-0.39, 0.29) is 5.91 Å². The van der Waals surface area contributed by atoms with Crippen LogP contribution in [0, 0.1) is 0 Å². The summed E-state index contributed by atoms with van der Waals surface area (Å²) in [5.74, 6) is 1.18. The van der Waals surface area contributed by atoms with Gasteiger partial charge in [0.1, 0.15) is 12.4 Å². The van der Waals surface area contributed by atoms with Crippen LogP contribution in [0.5, 0.6) is 5.75 Å². The molecule has 1 aromatic heterocycles. The monoisotopic (exact) mass is 455 g/mol. The lowest BCUT2D eigenvalue weighted by atomic mass is 10.0. The Morgan fingerprint density at radius 2 is 1.97 bits per heavy atom. The zero-order chi connectivity index (χ0) is 20.8. The number of aromatic nitrogens is 2. The number of nitrogens with zero attached hydrogens (tertiary/aromatic N) is 2. The van der Waals surface area contributed by atoms with Gasteiger partial charge in [-0.15, -0.1) is 0 Å². The number of halogens is 1. The molecule has 0 radical (unpaired) electrons. The smallest absolute Gasteiger partial charge is 0.251 e. The maximum Gasteiger partial charge on any atom is 0.251 e. The third-order valence-electron chi connectivity index (χ3n) is 4.67. The third-order valence-corrected chi connectivity index (χ3v) is 5.33. The summed E-state index contributed by atoms with van der Waals surface area (Å²) in [4.78, 5) is 12.5. The van der Waals surface area contributed by atoms with Crippen molar-refractivity contribution in [3.63, 3.8) is 0 Å². The average Bonchev–Trinajstić information content (AvgIpc) is 3.10. The van der Waals surface area contributed by atoms with E-state index in [1.54, 1.807) is 6.07 Å². The van der Waals surface area contributed by atoms with Gasteiger partial charge in [0, 0.05) is 18.3 Å². The molecule has 0 saturated heterocycles. The molecular formula is C23H26BrN3O2. The van der Waals surface area contributed by atoms with E-state index in [2.05, 4.69) is 52.3 Å². The molecule has 5 nitrogen and oxygen atoms in total.